The summed E-state index contributed by atoms with van der Waals surface area (Å²) in [6.45, 7) is 4.72. The molecule has 18 heavy (non-hydrogen) atoms. The highest BCUT2D eigenvalue weighted by Crippen LogP contribution is 2.38. The van der Waals surface area contributed by atoms with Gasteiger partial charge < -0.3 is 0 Å². The molecule has 1 aliphatic rings. The third kappa shape index (κ3) is 3.85. The van der Waals surface area contributed by atoms with Crippen molar-refractivity contribution < 1.29 is 0 Å². The Labute approximate surface area is 120 Å². The number of hydrogen-bond acceptors (Lipinski definition) is 0. The number of halogens is 1. The summed E-state index contributed by atoms with van der Waals surface area (Å²) in [5, 5.41) is 0. The first-order valence-electron chi connectivity index (χ1n) is 7.44. The second kappa shape index (κ2) is 6.75. The molecule has 1 unspecified atom stereocenters. The first-order valence-corrected chi connectivity index (χ1v) is 8.23. The topological polar surface area (TPSA) is 0 Å². The summed E-state index contributed by atoms with van der Waals surface area (Å²) in [6.07, 6.45) is 8.44. The number of hydrogen-bond donors (Lipinski definition) is 0. The second-order valence-corrected chi connectivity index (χ2v) is 6.93. The van der Waals surface area contributed by atoms with Gasteiger partial charge in [-0.15, -0.1) is 0 Å². The molecule has 0 spiro atoms. The van der Waals surface area contributed by atoms with E-state index in [9.17, 15) is 0 Å². The van der Waals surface area contributed by atoms with Gasteiger partial charge in [0.05, 0.1) is 0 Å². The zero-order valence-electron chi connectivity index (χ0n) is 11.7. The van der Waals surface area contributed by atoms with Gasteiger partial charge in [0, 0.05) is 4.47 Å². The lowest BCUT2D eigenvalue weighted by Gasteiger charge is -2.30. The maximum atomic E-state index is 3.51. The largest absolute Gasteiger partial charge is 0.0651 e. The van der Waals surface area contributed by atoms with Crippen molar-refractivity contribution in [1.29, 1.82) is 0 Å². The third-order valence-electron chi connectivity index (χ3n) is 4.62. The molecule has 1 aromatic carbocycles. The fourth-order valence-electron chi connectivity index (χ4n) is 3.20. The van der Waals surface area contributed by atoms with Crippen LogP contribution in [0.5, 0.6) is 0 Å². The van der Waals surface area contributed by atoms with Crippen LogP contribution in [0.2, 0.25) is 0 Å². The van der Waals surface area contributed by atoms with E-state index in [4.69, 9.17) is 0 Å². The average Bonchev–Trinajstić information content (AvgIpc) is 2.40. The summed E-state index contributed by atoms with van der Waals surface area (Å²) in [6, 6.07) is 8.95. The van der Waals surface area contributed by atoms with E-state index in [1.54, 1.807) is 5.56 Å². The van der Waals surface area contributed by atoms with E-state index < -0.39 is 0 Å². The van der Waals surface area contributed by atoms with Crippen molar-refractivity contribution in [2.24, 2.45) is 11.8 Å². The smallest absolute Gasteiger partial charge is 0.0175 e. The Kier molecular flexibility index (Phi) is 5.29. The summed E-state index contributed by atoms with van der Waals surface area (Å²) in [5.74, 6) is 2.72. The Morgan fingerprint density at radius 2 is 1.72 bits per heavy atom. The Morgan fingerprint density at radius 1 is 1.11 bits per heavy atom. The van der Waals surface area contributed by atoms with Crippen LogP contribution in [0.4, 0.5) is 0 Å². The van der Waals surface area contributed by atoms with E-state index in [-0.39, 0.29) is 0 Å². The van der Waals surface area contributed by atoms with E-state index in [1.807, 2.05) is 0 Å². The summed E-state index contributed by atoms with van der Waals surface area (Å²) < 4.78 is 1.19. The lowest BCUT2D eigenvalue weighted by Crippen LogP contribution is -2.15. The Hall–Kier alpha value is -0.300. The molecule has 1 aliphatic carbocycles. The van der Waals surface area contributed by atoms with Gasteiger partial charge in [-0.2, -0.15) is 0 Å². The van der Waals surface area contributed by atoms with Crippen LogP contribution < -0.4 is 0 Å². The molecule has 100 valence electrons. The molecule has 0 saturated heterocycles. The van der Waals surface area contributed by atoms with Crippen LogP contribution in [-0.2, 0) is 0 Å². The fraction of sp³-hybridized carbons (Fsp3) is 0.647. The minimum Gasteiger partial charge on any atom is -0.0651 e. The molecule has 1 fully saturated rings. The highest BCUT2D eigenvalue weighted by Gasteiger charge is 2.23. The standard InChI is InChI=1S/C17H25Br/c1-3-13(2)12-14-4-6-15(7-5-14)16-8-10-17(18)11-9-16/h8-11,13-15H,3-7,12H2,1-2H3/t13?,14-,15-. The molecule has 0 aliphatic heterocycles. The van der Waals surface area contributed by atoms with Gasteiger partial charge in [-0.3, -0.25) is 0 Å². The average molecular weight is 309 g/mol. The SMILES string of the molecule is CCC(C)C[C@H]1CC[C@H](c2ccc(Br)cc2)CC1. The molecule has 1 saturated carbocycles. The quantitative estimate of drug-likeness (QED) is 0.625. The monoisotopic (exact) mass is 308 g/mol. The summed E-state index contributed by atoms with van der Waals surface area (Å²) in [4.78, 5) is 0. The van der Waals surface area contributed by atoms with Crippen molar-refractivity contribution in [3.8, 4) is 0 Å². The molecule has 0 radical (unpaired) electrons. The normalized spacial score (nSPS) is 25.9. The van der Waals surface area contributed by atoms with Crippen molar-refractivity contribution in [3.63, 3.8) is 0 Å². The first-order chi connectivity index (χ1) is 8.69. The molecule has 0 bridgehead atoms. The Morgan fingerprint density at radius 3 is 2.28 bits per heavy atom. The predicted octanol–water partition coefficient (Wildman–Crippen LogP) is 6.16. The molecular formula is C17H25Br. The van der Waals surface area contributed by atoms with Gasteiger partial charge in [0.1, 0.15) is 0 Å². The summed E-state index contributed by atoms with van der Waals surface area (Å²) in [5.41, 5.74) is 1.54. The zero-order chi connectivity index (χ0) is 13.0. The van der Waals surface area contributed by atoms with Crippen molar-refractivity contribution >= 4 is 15.9 Å². The van der Waals surface area contributed by atoms with Gasteiger partial charge in [0.2, 0.25) is 0 Å². The van der Waals surface area contributed by atoms with Crippen LogP contribution in [-0.4, -0.2) is 0 Å². The molecule has 1 aromatic rings. The van der Waals surface area contributed by atoms with Crippen molar-refractivity contribution in [3.05, 3.63) is 34.3 Å². The Bertz CT molecular complexity index is 346. The highest BCUT2D eigenvalue weighted by molar-refractivity contribution is 9.10. The van der Waals surface area contributed by atoms with Crippen LogP contribution in [0.25, 0.3) is 0 Å². The number of benzene rings is 1. The molecule has 0 aromatic heterocycles. The molecule has 1 heteroatoms. The predicted molar refractivity (Wildman–Crippen MR) is 82.9 cm³/mol. The summed E-state index contributed by atoms with van der Waals surface area (Å²) >= 11 is 3.51. The van der Waals surface area contributed by atoms with E-state index >= 15 is 0 Å². The minimum absolute atomic E-state index is 0.811. The second-order valence-electron chi connectivity index (χ2n) is 6.02. The first kappa shape index (κ1) is 14.1. The van der Waals surface area contributed by atoms with Crippen LogP contribution in [0, 0.1) is 11.8 Å². The van der Waals surface area contributed by atoms with Crippen molar-refractivity contribution in [1.82, 2.24) is 0 Å². The maximum absolute atomic E-state index is 3.51. The molecule has 0 heterocycles. The van der Waals surface area contributed by atoms with E-state index in [0.29, 0.717) is 0 Å². The van der Waals surface area contributed by atoms with Crippen LogP contribution in [0.1, 0.15) is 63.9 Å². The van der Waals surface area contributed by atoms with E-state index in [0.717, 1.165) is 17.8 Å². The van der Waals surface area contributed by atoms with E-state index in [1.165, 1.54) is 43.0 Å². The number of rotatable bonds is 4. The lowest BCUT2D eigenvalue weighted by molar-refractivity contribution is 0.273. The van der Waals surface area contributed by atoms with Gasteiger partial charge in [-0.25, -0.2) is 0 Å². The minimum atomic E-state index is 0.811. The zero-order valence-corrected chi connectivity index (χ0v) is 13.2. The maximum Gasteiger partial charge on any atom is 0.0175 e. The van der Waals surface area contributed by atoms with Gasteiger partial charge >= 0.3 is 0 Å². The van der Waals surface area contributed by atoms with Crippen molar-refractivity contribution in [2.75, 3.05) is 0 Å². The van der Waals surface area contributed by atoms with Crippen LogP contribution in [0.15, 0.2) is 28.7 Å². The van der Waals surface area contributed by atoms with E-state index in [2.05, 4.69) is 54.0 Å². The lowest BCUT2D eigenvalue weighted by atomic mass is 9.76. The van der Waals surface area contributed by atoms with Gasteiger partial charge in [-0.1, -0.05) is 48.3 Å². The molecule has 1 atom stereocenters. The Balaban J connectivity index is 1.84. The van der Waals surface area contributed by atoms with Crippen LogP contribution >= 0.6 is 15.9 Å². The van der Waals surface area contributed by atoms with Gasteiger partial charge in [-0.05, 0) is 67.6 Å². The summed E-state index contributed by atoms with van der Waals surface area (Å²) in [7, 11) is 0. The molecule has 0 N–H and O–H groups in total. The molecule has 2 rings (SSSR count). The molecule has 0 amide bonds. The fourth-order valence-corrected chi connectivity index (χ4v) is 3.47. The van der Waals surface area contributed by atoms with Gasteiger partial charge in [0.15, 0.2) is 0 Å². The van der Waals surface area contributed by atoms with Crippen molar-refractivity contribution in [2.45, 2.75) is 58.3 Å². The van der Waals surface area contributed by atoms with Crippen LogP contribution in [0.3, 0.4) is 0 Å². The van der Waals surface area contributed by atoms with Gasteiger partial charge in [0.25, 0.3) is 0 Å². The molecular weight excluding hydrogens is 284 g/mol. The third-order valence-corrected chi connectivity index (χ3v) is 5.15. The highest BCUT2D eigenvalue weighted by atomic mass is 79.9. The molecule has 0 nitrogen and oxygen atoms in total.